The van der Waals surface area contributed by atoms with Crippen LogP contribution in [0.15, 0.2) is 72.8 Å². The molecule has 0 amide bonds. The van der Waals surface area contributed by atoms with Crippen molar-refractivity contribution in [2.45, 2.75) is 13.0 Å². The number of aromatic hydroxyl groups is 1. The van der Waals surface area contributed by atoms with Crippen molar-refractivity contribution in [3.8, 4) is 17.2 Å². The Morgan fingerprint density at radius 2 is 1.16 bits per heavy atom. The Hall–Kier alpha value is -3.55. The Balaban J connectivity index is 1.27. The first-order valence-corrected chi connectivity index (χ1v) is 10.2. The van der Waals surface area contributed by atoms with Gasteiger partial charge in [0.25, 0.3) is 0 Å². The molecule has 1 heterocycles. The van der Waals surface area contributed by atoms with Crippen LogP contribution in [-0.4, -0.2) is 37.6 Å². The molecule has 0 saturated carbocycles. The quantitative estimate of drug-likeness (QED) is 0.567. The molecule has 4 rings (SSSR count). The van der Waals surface area contributed by atoms with E-state index < -0.39 is 6.36 Å². The summed E-state index contributed by atoms with van der Waals surface area (Å²) in [5.74, 6) is 0.456. The van der Waals surface area contributed by atoms with Gasteiger partial charge in [0.05, 0.1) is 0 Å². The highest BCUT2D eigenvalue weighted by Crippen LogP contribution is 2.26. The molecule has 0 spiro atoms. The van der Waals surface area contributed by atoms with Crippen molar-refractivity contribution in [3.63, 3.8) is 0 Å². The molecule has 1 aliphatic rings. The molecule has 0 atom stereocenters. The first kappa shape index (κ1) is 21.7. The molecule has 1 fully saturated rings. The number of phenols is 1. The number of piperazine rings is 1. The Kier molecular flexibility index (Phi) is 6.30. The maximum Gasteiger partial charge on any atom is 0.573 e. The van der Waals surface area contributed by atoms with Crippen LogP contribution in [-0.2, 0) is 6.61 Å². The standard InChI is InChI=1S/C24H23F3N2O3/c25-24(26,27)32-23-11-9-22(10-12-23)31-17-18-1-3-19(4-2-18)28-13-15-29(16-14-28)20-5-7-21(30)8-6-20/h1-12,30H,13-17H2. The van der Waals surface area contributed by atoms with Crippen molar-refractivity contribution < 1.29 is 27.8 Å². The summed E-state index contributed by atoms with van der Waals surface area (Å²) in [5, 5.41) is 9.44. The third kappa shape index (κ3) is 5.78. The molecule has 1 saturated heterocycles. The fourth-order valence-electron chi connectivity index (χ4n) is 3.59. The Bertz CT molecular complexity index is 999. The van der Waals surface area contributed by atoms with Crippen LogP contribution in [0.2, 0.25) is 0 Å². The monoisotopic (exact) mass is 444 g/mol. The highest BCUT2D eigenvalue weighted by Gasteiger charge is 2.31. The average Bonchev–Trinajstić information content (AvgIpc) is 2.79. The summed E-state index contributed by atoms with van der Waals surface area (Å²) >= 11 is 0. The second-order valence-corrected chi connectivity index (χ2v) is 7.46. The van der Waals surface area contributed by atoms with Gasteiger partial charge in [0.15, 0.2) is 0 Å². The van der Waals surface area contributed by atoms with Crippen LogP contribution in [0.25, 0.3) is 0 Å². The number of phenolic OH excluding ortho intramolecular Hbond substituents is 1. The molecular formula is C24H23F3N2O3. The zero-order valence-corrected chi connectivity index (χ0v) is 17.3. The molecule has 0 radical (unpaired) electrons. The van der Waals surface area contributed by atoms with Gasteiger partial charge >= 0.3 is 6.36 Å². The fraction of sp³-hybridized carbons (Fsp3) is 0.250. The lowest BCUT2D eigenvalue weighted by Crippen LogP contribution is -2.46. The van der Waals surface area contributed by atoms with Crippen molar-refractivity contribution in [2.75, 3.05) is 36.0 Å². The number of nitrogens with zero attached hydrogens (tertiary/aromatic N) is 2. The highest BCUT2D eigenvalue weighted by atomic mass is 19.4. The first-order valence-electron chi connectivity index (χ1n) is 10.2. The lowest BCUT2D eigenvalue weighted by atomic mass is 10.1. The van der Waals surface area contributed by atoms with Gasteiger partial charge < -0.3 is 24.4 Å². The van der Waals surface area contributed by atoms with Gasteiger partial charge in [0.2, 0.25) is 0 Å². The van der Waals surface area contributed by atoms with E-state index in [0.717, 1.165) is 43.1 Å². The molecule has 3 aromatic rings. The summed E-state index contributed by atoms with van der Waals surface area (Å²) in [4.78, 5) is 4.62. The summed E-state index contributed by atoms with van der Waals surface area (Å²) in [7, 11) is 0. The molecule has 0 aliphatic carbocycles. The zero-order chi connectivity index (χ0) is 22.6. The van der Waals surface area contributed by atoms with Gasteiger partial charge in [-0.1, -0.05) is 12.1 Å². The average molecular weight is 444 g/mol. The smallest absolute Gasteiger partial charge is 0.508 e. The number of halogens is 3. The van der Waals surface area contributed by atoms with Crippen LogP contribution >= 0.6 is 0 Å². The largest absolute Gasteiger partial charge is 0.573 e. The first-order chi connectivity index (χ1) is 15.4. The number of hydrogen-bond donors (Lipinski definition) is 1. The molecule has 0 unspecified atom stereocenters. The number of rotatable bonds is 6. The van der Waals surface area contributed by atoms with E-state index in [4.69, 9.17) is 4.74 Å². The highest BCUT2D eigenvalue weighted by molar-refractivity contribution is 5.53. The molecule has 5 nitrogen and oxygen atoms in total. The van der Waals surface area contributed by atoms with Gasteiger partial charge in [0, 0.05) is 37.6 Å². The molecule has 168 valence electrons. The van der Waals surface area contributed by atoms with E-state index in [2.05, 4.69) is 26.7 Å². The van der Waals surface area contributed by atoms with Crippen molar-refractivity contribution in [1.29, 1.82) is 0 Å². The van der Waals surface area contributed by atoms with E-state index in [1.807, 2.05) is 24.3 Å². The van der Waals surface area contributed by atoms with Crippen molar-refractivity contribution in [3.05, 3.63) is 78.4 Å². The molecule has 8 heteroatoms. The van der Waals surface area contributed by atoms with Gasteiger partial charge in [0.1, 0.15) is 23.9 Å². The SMILES string of the molecule is Oc1ccc(N2CCN(c3ccc(COc4ccc(OC(F)(F)F)cc4)cc3)CC2)cc1. The molecular weight excluding hydrogens is 421 g/mol. The van der Waals surface area contributed by atoms with Gasteiger partial charge in [-0.3, -0.25) is 0 Å². The van der Waals surface area contributed by atoms with Crippen LogP contribution in [0.1, 0.15) is 5.56 Å². The van der Waals surface area contributed by atoms with Crippen molar-refractivity contribution >= 4 is 11.4 Å². The maximum absolute atomic E-state index is 12.2. The van der Waals surface area contributed by atoms with Gasteiger partial charge in [-0.15, -0.1) is 13.2 Å². The Morgan fingerprint density at radius 1 is 0.688 bits per heavy atom. The molecule has 0 bridgehead atoms. The van der Waals surface area contributed by atoms with Crippen LogP contribution in [0.4, 0.5) is 24.5 Å². The maximum atomic E-state index is 12.2. The van der Waals surface area contributed by atoms with Crippen molar-refractivity contribution in [2.24, 2.45) is 0 Å². The fourth-order valence-corrected chi connectivity index (χ4v) is 3.59. The third-order valence-corrected chi connectivity index (χ3v) is 5.26. The zero-order valence-electron chi connectivity index (χ0n) is 17.3. The van der Waals surface area contributed by atoms with Crippen LogP contribution in [0, 0.1) is 0 Å². The number of benzene rings is 3. The van der Waals surface area contributed by atoms with E-state index >= 15 is 0 Å². The summed E-state index contributed by atoms with van der Waals surface area (Å²) in [6.45, 7) is 3.88. The molecule has 1 N–H and O–H groups in total. The van der Waals surface area contributed by atoms with Crippen LogP contribution < -0.4 is 19.3 Å². The molecule has 0 aromatic heterocycles. The normalized spacial score (nSPS) is 14.3. The van der Waals surface area contributed by atoms with E-state index in [-0.39, 0.29) is 11.5 Å². The summed E-state index contributed by atoms with van der Waals surface area (Å²) in [6.07, 6.45) is -4.71. The Labute approximate surface area is 184 Å². The second kappa shape index (κ2) is 9.30. The van der Waals surface area contributed by atoms with E-state index in [1.54, 1.807) is 12.1 Å². The van der Waals surface area contributed by atoms with E-state index in [9.17, 15) is 18.3 Å². The molecule has 3 aromatic carbocycles. The number of alkyl halides is 3. The number of anilines is 2. The minimum Gasteiger partial charge on any atom is -0.508 e. The predicted molar refractivity (Wildman–Crippen MR) is 116 cm³/mol. The molecule has 1 aliphatic heterocycles. The van der Waals surface area contributed by atoms with E-state index in [1.165, 1.54) is 24.3 Å². The van der Waals surface area contributed by atoms with Gasteiger partial charge in [-0.2, -0.15) is 0 Å². The van der Waals surface area contributed by atoms with E-state index in [0.29, 0.717) is 12.4 Å². The number of hydrogen-bond acceptors (Lipinski definition) is 5. The Morgan fingerprint density at radius 3 is 1.66 bits per heavy atom. The minimum atomic E-state index is -4.71. The topological polar surface area (TPSA) is 45.2 Å². The summed E-state index contributed by atoms with van der Waals surface area (Å²) in [5.41, 5.74) is 3.20. The minimum absolute atomic E-state index is 0.268. The third-order valence-electron chi connectivity index (χ3n) is 5.26. The second-order valence-electron chi connectivity index (χ2n) is 7.46. The van der Waals surface area contributed by atoms with Crippen LogP contribution in [0.5, 0.6) is 17.2 Å². The lowest BCUT2D eigenvalue weighted by Gasteiger charge is -2.37. The van der Waals surface area contributed by atoms with Crippen molar-refractivity contribution in [1.82, 2.24) is 0 Å². The summed E-state index contributed by atoms with van der Waals surface area (Å²) in [6, 6.07) is 20.7. The predicted octanol–water partition coefficient (Wildman–Crippen LogP) is 5.20. The molecule has 32 heavy (non-hydrogen) atoms. The summed E-state index contributed by atoms with van der Waals surface area (Å²) < 4.78 is 46.2. The van der Waals surface area contributed by atoms with Crippen LogP contribution in [0.3, 0.4) is 0 Å². The lowest BCUT2D eigenvalue weighted by molar-refractivity contribution is -0.274. The van der Waals surface area contributed by atoms with Gasteiger partial charge in [-0.05, 0) is 66.2 Å². The number of ether oxygens (including phenoxy) is 2. The van der Waals surface area contributed by atoms with Gasteiger partial charge in [-0.25, -0.2) is 0 Å².